The molecule has 0 unspecified atom stereocenters. The predicted octanol–water partition coefficient (Wildman–Crippen LogP) is 1.38. The number of carbonyl (C=O) groups excluding carboxylic acids is 1. The molecule has 0 bridgehead atoms. The quantitative estimate of drug-likeness (QED) is 0.861. The number of amides is 1. The minimum atomic E-state index is -4.40. The summed E-state index contributed by atoms with van der Waals surface area (Å²) < 4.78 is 40.0. The zero-order chi connectivity index (χ0) is 15.3. The third-order valence-corrected chi connectivity index (χ3v) is 2.31. The number of halogens is 3. The van der Waals surface area contributed by atoms with Gasteiger partial charge in [-0.05, 0) is 26.0 Å². The van der Waals surface area contributed by atoms with Gasteiger partial charge in [-0.25, -0.2) is 0 Å². The van der Waals surface area contributed by atoms with E-state index in [4.69, 9.17) is 0 Å². The van der Waals surface area contributed by atoms with Gasteiger partial charge in [-0.2, -0.15) is 13.2 Å². The number of aromatic nitrogens is 1. The van der Waals surface area contributed by atoms with E-state index in [2.05, 4.69) is 15.0 Å². The van der Waals surface area contributed by atoms with E-state index in [0.717, 1.165) is 0 Å². The topological polar surface area (TPSA) is 71.2 Å². The SMILES string of the molecule is Cc1ccc(C(=O)N[C@@H](C)COCC(F)(F)F)c(=O)[nH]1. The van der Waals surface area contributed by atoms with Gasteiger partial charge in [0.1, 0.15) is 12.2 Å². The Morgan fingerprint density at radius 1 is 1.45 bits per heavy atom. The van der Waals surface area contributed by atoms with Crippen LogP contribution in [0.3, 0.4) is 0 Å². The van der Waals surface area contributed by atoms with Crippen molar-refractivity contribution in [2.24, 2.45) is 0 Å². The Morgan fingerprint density at radius 3 is 2.65 bits per heavy atom. The van der Waals surface area contributed by atoms with Gasteiger partial charge >= 0.3 is 6.18 Å². The highest BCUT2D eigenvalue weighted by molar-refractivity contribution is 5.93. The molecule has 0 aliphatic carbocycles. The summed E-state index contributed by atoms with van der Waals surface area (Å²) >= 11 is 0. The summed E-state index contributed by atoms with van der Waals surface area (Å²) in [6, 6.07) is 2.26. The van der Waals surface area contributed by atoms with Crippen LogP contribution in [0.25, 0.3) is 0 Å². The van der Waals surface area contributed by atoms with Gasteiger partial charge in [0.15, 0.2) is 0 Å². The second-order valence-corrected chi connectivity index (χ2v) is 4.39. The van der Waals surface area contributed by atoms with Gasteiger partial charge in [-0.3, -0.25) is 9.59 Å². The molecule has 0 fully saturated rings. The summed E-state index contributed by atoms with van der Waals surface area (Å²) in [5.41, 5.74) is -0.0442. The fourth-order valence-corrected chi connectivity index (χ4v) is 1.45. The van der Waals surface area contributed by atoms with Crippen LogP contribution >= 0.6 is 0 Å². The second kappa shape index (κ2) is 6.56. The van der Waals surface area contributed by atoms with E-state index in [9.17, 15) is 22.8 Å². The number of aryl methyl sites for hydroxylation is 1. The van der Waals surface area contributed by atoms with Crippen molar-refractivity contribution < 1.29 is 22.7 Å². The largest absolute Gasteiger partial charge is 0.411 e. The smallest absolute Gasteiger partial charge is 0.370 e. The summed E-state index contributed by atoms with van der Waals surface area (Å²) in [6.07, 6.45) is -4.40. The number of alkyl halides is 3. The third kappa shape index (κ3) is 5.43. The van der Waals surface area contributed by atoms with Gasteiger partial charge in [0, 0.05) is 11.7 Å². The molecule has 1 aromatic rings. The molecule has 1 heterocycles. The van der Waals surface area contributed by atoms with Crippen molar-refractivity contribution in [1.29, 1.82) is 0 Å². The lowest BCUT2D eigenvalue weighted by Gasteiger charge is -2.15. The number of H-pyrrole nitrogens is 1. The predicted molar refractivity (Wildman–Crippen MR) is 65.6 cm³/mol. The second-order valence-electron chi connectivity index (χ2n) is 4.39. The van der Waals surface area contributed by atoms with Crippen molar-refractivity contribution in [3.8, 4) is 0 Å². The van der Waals surface area contributed by atoms with E-state index in [1.807, 2.05) is 0 Å². The highest BCUT2D eigenvalue weighted by Crippen LogP contribution is 2.14. The summed E-state index contributed by atoms with van der Waals surface area (Å²) in [5.74, 6) is -0.658. The van der Waals surface area contributed by atoms with Crippen LogP contribution in [0.15, 0.2) is 16.9 Å². The molecular weight excluding hydrogens is 277 g/mol. The molecule has 2 N–H and O–H groups in total. The Bertz CT molecular complexity index is 525. The maximum atomic E-state index is 11.9. The van der Waals surface area contributed by atoms with Crippen LogP contribution in [0.5, 0.6) is 0 Å². The Labute approximate surface area is 113 Å². The molecule has 0 aliphatic rings. The minimum absolute atomic E-state index is 0.0988. The summed E-state index contributed by atoms with van der Waals surface area (Å²) in [4.78, 5) is 25.7. The molecule has 0 radical (unpaired) electrons. The molecule has 1 amide bonds. The van der Waals surface area contributed by atoms with E-state index >= 15 is 0 Å². The maximum Gasteiger partial charge on any atom is 0.411 e. The first kappa shape index (κ1) is 16.2. The van der Waals surface area contributed by atoms with E-state index in [1.165, 1.54) is 13.0 Å². The van der Waals surface area contributed by atoms with Gasteiger partial charge in [0.25, 0.3) is 11.5 Å². The molecule has 0 aliphatic heterocycles. The van der Waals surface area contributed by atoms with Crippen LogP contribution in [0.4, 0.5) is 13.2 Å². The van der Waals surface area contributed by atoms with Crippen molar-refractivity contribution in [2.45, 2.75) is 26.1 Å². The lowest BCUT2D eigenvalue weighted by atomic mass is 10.2. The average Bonchev–Trinajstić information content (AvgIpc) is 2.26. The monoisotopic (exact) mass is 292 g/mol. The Kier molecular flexibility index (Phi) is 5.32. The first-order chi connectivity index (χ1) is 9.19. The van der Waals surface area contributed by atoms with Crippen LogP contribution in [-0.4, -0.2) is 36.3 Å². The van der Waals surface area contributed by atoms with Crippen LogP contribution in [0.1, 0.15) is 23.0 Å². The van der Waals surface area contributed by atoms with E-state index in [1.54, 1.807) is 13.0 Å². The molecule has 0 aromatic carbocycles. The molecule has 8 heteroatoms. The maximum absolute atomic E-state index is 11.9. The highest BCUT2D eigenvalue weighted by Gasteiger charge is 2.27. The third-order valence-electron chi connectivity index (χ3n) is 2.31. The number of hydrogen-bond acceptors (Lipinski definition) is 3. The number of carbonyl (C=O) groups is 1. The van der Waals surface area contributed by atoms with Gasteiger partial charge in [0.2, 0.25) is 0 Å². The fraction of sp³-hybridized carbons (Fsp3) is 0.500. The average molecular weight is 292 g/mol. The number of nitrogens with one attached hydrogen (secondary N) is 2. The molecule has 5 nitrogen and oxygen atoms in total. The zero-order valence-electron chi connectivity index (χ0n) is 11.0. The normalized spacial score (nSPS) is 13.1. The lowest BCUT2D eigenvalue weighted by molar-refractivity contribution is -0.174. The Hall–Kier alpha value is -1.83. The molecule has 1 rings (SSSR count). The molecule has 112 valence electrons. The van der Waals surface area contributed by atoms with Gasteiger partial charge < -0.3 is 15.0 Å². The van der Waals surface area contributed by atoms with Crippen LogP contribution in [0.2, 0.25) is 0 Å². The highest BCUT2D eigenvalue weighted by atomic mass is 19.4. The van der Waals surface area contributed by atoms with Gasteiger partial charge in [-0.15, -0.1) is 0 Å². The van der Waals surface area contributed by atoms with Crippen LogP contribution in [-0.2, 0) is 4.74 Å². The van der Waals surface area contributed by atoms with Gasteiger partial charge in [-0.1, -0.05) is 0 Å². The number of rotatable bonds is 5. The van der Waals surface area contributed by atoms with Crippen molar-refractivity contribution in [3.63, 3.8) is 0 Å². The first-order valence-electron chi connectivity index (χ1n) is 5.84. The van der Waals surface area contributed by atoms with Crippen molar-refractivity contribution in [1.82, 2.24) is 10.3 Å². The standard InChI is InChI=1S/C12H15F3N2O3/c1-7-3-4-9(10(18)16-7)11(19)17-8(2)5-20-6-12(13,14)15/h3-4,8H,5-6H2,1-2H3,(H,16,18)(H,17,19)/t8-/m0/s1. The molecule has 1 aromatic heterocycles. The molecule has 1 atom stereocenters. The minimum Gasteiger partial charge on any atom is -0.370 e. The lowest BCUT2D eigenvalue weighted by Crippen LogP contribution is -2.39. The van der Waals surface area contributed by atoms with E-state index in [-0.39, 0.29) is 12.2 Å². The first-order valence-corrected chi connectivity index (χ1v) is 5.84. The Morgan fingerprint density at radius 2 is 2.10 bits per heavy atom. The molecular formula is C12H15F3N2O3. The molecule has 20 heavy (non-hydrogen) atoms. The van der Waals surface area contributed by atoms with Crippen LogP contribution < -0.4 is 10.9 Å². The molecule has 0 spiro atoms. The molecule has 0 saturated heterocycles. The summed E-state index contributed by atoms with van der Waals surface area (Å²) in [6.45, 7) is 1.47. The summed E-state index contributed by atoms with van der Waals surface area (Å²) in [5, 5.41) is 2.39. The number of ether oxygens (including phenoxy) is 1. The molecule has 0 saturated carbocycles. The van der Waals surface area contributed by atoms with Crippen LogP contribution in [0, 0.1) is 6.92 Å². The van der Waals surface area contributed by atoms with Crippen molar-refractivity contribution in [3.05, 3.63) is 33.7 Å². The Balaban J connectivity index is 2.51. The van der Waals surface area contributed by atoms with Gasteiger partial charge in [0.05, 0.1) is 6.61 Å². The van der Waals surface area contributed by atoms with E-state index in [0.29, 0.717) is 5.69 Å². The van der Waals surface area contributed by atoms with Crippen molar-refractivity contribution in [2.75, 3.05) is 13.2 Å². The number of pyridine rings is 1. The zero-order valence-corrected chi connectivity index (χ0v) is 11.0. The number of aromatic amines is 1. The summed E-state index contributed by atoms with van der Waals surface area (Å²) in [7, 11) is 0. The fourth-order valence-electron chi connectivity index (χ4n) is 1.45. The number of hydrogen-bond donors (Lipinski definition) is 2. The van der Waals surface area contributed by atoms with Crippen molar-refractivity contribution >= 4 is 5.91 Å². The van der Waals surface area contributed by atoms with E-state index < -0.39 is 30.3 Å².